The molecule has 0 saturated heterocycles. The third-order valence-electron chi connectivity index (χ3n) is 2.69. The lowest BCUT2D eigenvalue weighted by molar-refractivity contribution is -0.119. The molecule has 0 unspecified atom stereocenters. The highest BCUT2D eigenvalue weighted by Gasteiger charge is 2.28. The summed E-state index contributed by atoms with van der Waals surface area (Å²) >= 11 is 0. The van der Waals surface area contributed by atoms with E-state index in [1.54, 1.807) is 20.8 Å². The van der Waals surface area contributed by atoms with Gasteiger partial charge < -0.3 is 16.2 Å². The number of anilines is 1. The molecule has 0 aliphatic heterocycles. The van der Waals surface area contributed by atoms with Gasteiger partial charge in [0.25, 0.3) is 0 Å². The van der Waals surface area contributed by atoms with E-state index < -0.39 is 29.2 Å². The van der Waals surface area contributed by atoms with Crippen molar-refractivity contribution in [1.29, 1.82) is 0 Å². The summed E-state index contributed by atoms with van der Waals surface area (Å²) in [4.78, 5) is 22.9. The Morgan fingerprint density at radius 2 is 1.95 bits per heavy atom. The number of amides is 1. The quantitative estimate of drug-likeness (QED) is 0.779. The summed E-state index contributed by atoms with van der Waals surface area (Å²) in [5.74, 6) is -2.52. The van der Waals surface area contributed by atoms with Gasteiger partial charge in [-0.3, -0.25) is 4.79 Å². The first-order valence-electron chi connectivity index (χ1n) is 5.72. The molecule has 1 atom stereocenters. The lowest BCUT2D eigenvalue weighted by atomic mass is 9.87. The molecular formula is C13H17FN2O3. The molecule has 6 heteroatoms. The van der Waals surface area contributed by atoms with Crippen LogP contribution in [0.1, 0.15) is 31.1 Å². The van der Waals surface area contributed by atoms with Crippen molar-refractivity contribution in [2.45, 2.75) is 26.8 Å². The fourth-order valence-electron chi connectivity index (χ4n) is 1.41. The van der Waals surface area contributed by atoms with Crippen LogP contribution in [0.3, 0.4) is 0 Å². The van der Waals surface area contributed by atoms with E-state index in [4.69, 9.17) is 10.8 Å². The zero-order valence-corrected chi connectivity index (χ0v) is 11.0. The average Bonchev–Trinajstić information content (AvgIpc) is 2.28. The largest absolute Gasteiger partial charge is 0.478 e. The molecule has 1 aromatic carbocycles. The molecule has 0 radical (unpaired) electrons. The molecule has 1 amide bonds. The van der Waals surface area contributed by atoms with Gasteiger partial charge >= 0.3 is 5.97 Å². The molecule has 0 spiro atoms. The van der Waals surface area contributed by atoms with Crippen molar-refractivity contribution in [1.82, 2.24) is 0 Å². The standard InChI is InChI=1S/C13H17FN2O3/c1-13(2,3)10(15)11(17)16-9-5-4-7(14)6-8(9)12(18)19/h4-6,10H,15H2,1-3H3,(H,16,17)(H,18,19)/t10-/m1/s1. The van der Waals surface area contributed by atoms with Gasteiger partial charge in [-0.1, -0.05) is 20.8 Å². The van der Waals surface area contributed by atoms with Gasteiger partial charge in [-0.05, 0) is 23.6 Å². The van der Waals surface area contributed by atoms with Gasteiger partial charge in [-0.25, -0.2) is 9.18 Å². The fourth-order valence-corrected chi connectivity index (χ4v) is 1.41. The molecule has 4 N–H and O–H groups in total. The maximum Gasteiger partial charge on any atom is 0.337 e. The van der Waals surface area contributed by atoms with Crippen LogP contribution in [-0.4, -0.2) is 23.0 Å². The second-order valence-electron chi connectivity index (χ2n) is 5.33. The Morgan fingerprint density at radius 1 is 1.37 bits per heavy atom. The summed E-state index contributed by atoms with van der Waals surface area (Å²) in [7, 11) is 0. The van der Waals surface area contributed by atoms with Crippen LogP contribution in [0.15, 0.2) is 18.2 Å². The minimum Gasteiger partial charge on any atom is -0.478 e. The Hall–Kier alpha value is -1.95. The first kappa shape index (κ1) is 15.1. The van der Waals surface area contributed by atoms with E-state index in [1.807, 2.05) is 0 Å². The number of halogens is 1. The maximum atomic E-state index is 13.0. The highest BCUT2D eigenvalue weighted by Crippen LogP contribution is 2.21. The Bertz CT molecular complexity index is 509. The SMILES string of the molecule is CC(C)(C)[C@H](N)C(=O)Nc1ccc(F)cc1C(=O)O. The van der Waals surface area contributed by atoms with Gasteiger partial charge in [0.05, 0.1) is 17.3 Å². The Kier molecular flexibility index (Phi) is 4.26. The third kappa shape index (κ3) is 3.75. The molecule has 19 heavy (non-hydrogen) atoms. The minimum absolute atomic E-state index is 0.0265. The van der Waals surface area contributed by atoms with Crippen LogP contribution >= 0.6 is 0 Å². The van der Waals surface area contributed by atoms with Crippen molar-refractivity contribution in [3.05, 3.63) is 29.6 Å². The van der Waals surface area contributed by atoms with Gasteiger partial charge in [0, 0.05) is 0 Å². The Balaban J connectivity index is 3.00. The molecule has 0 aliphatic carbocycles. The summed E-state index contributed by atoms with van der Waals surface area (Å²) in [5, 5.41) is 11.4. The van der Waals surface area contributed by atoms with Crippen LogP contribution in [0.25, 0.3) is 0 Å². The van der Waals surface area contributed by atoms with E-state index in [-0.39, 0.29) is 11.3 Å². The summed E-state index contributed by atoms with van der Waals surface area (Å²) in [6.45, 7) is 5.38. The zero-order chi connectivity index (χ0) is 14.8. The number of carboxylic acid groups (broad SMARTS) is 1. The molecule has 1 rings (SSSR count). The number of aromatic carboxylic acids is 1. The van der Waals surface area contributed by atoms with E-state index in [1.165, 1.54) is 6.07 Å². The number of nitrogens with one attached hydrogen (secondary N) is 1. The van der Waals surface area contributed by atoms with Gasteiger partial charge in [-0.15, -0.1) is 0 Å². The van der Waals surface area contributed by atoms with Crippen molar-refractivity contribution in [3.63, 3.8) is 0 Å². The molecule has 0 bridgehead atoms. The Morgan fingerprint density at radius 3 is 2.42 bits per heavy atom. The molecule has 5 nitrogen and oxygen atoms in total. The van der Waals surface area contributed by atoms with Crippen LogP contribution in [0.4, 0.5) is 10.1 Å². The first-order chi connectivity index (χ1) is 8.62. The van der Waals surface area contributed by atoms with E-state index in [2.05, 4.69) is 5.32 Å². The number of hydrogen-bond donors (Lipinski definition) is 3. The predicted molar refractivity (Wildman–Crippen MR) is 69.4 cm³/mol. The monoisotopic (exact) mass is 268 g/mol. The number of benzene rings is 1. The lowest BCUT2D eigenvalue weighted by Crippen LogP contribution is -2.45. The first-order valence-corrected chi connectivity index (χ1v) is 5.72. The molecule has 0 aliphatic rings. The van der Waals surface area contributed by atoms with Crippen molar-refractivity contribution in [2.75, 3.05) is 5.32 Å². The number of hydrogen-bond acceptors (Lipinski definition) is 3. The molecule has 104 valence electrons. The molecule has 0 heterocycles. The number of rotatable bonds is 3. The average molecular weight is 268 g/mol. The van der Waals surface area contributed by atoms with Crippen molar-refractivity contribution >= 4 is 17.6 Å². The number of carbonyl (C=O) groups excluding carboxylic acids is 1. The lowest BCUT2D eigenvalue weighted by Gasteiger charge is -2.26. The second kappa shape index (κ2) is 5.36. The summed E-state index contributed by atoms with van der Waals surface area (Å²) in [6.07, 6.45) is 0. The topological polar surface area (TPSA) is 92.4 Å². The van der Waals surface area contributed by atoms with Crippen LogP contribution in [-0.2, 0) is 4.79 Å². The number of carbonyl (C=O) groups is 2. The molecule has 1 aromatic rings. The van der Waals surface area contributed by atoms with Crippen molar-refractivity contribution in [2.24, 2.45) is 11.1 Å². The molecule has 0 fully saturated rings. The van der Waals surface area contributed by atoms with Gasteiger partial charge in [0.2, 0.25) is 5.91 Å². The Labute approximate surface area is 110 Å². The third-order valence-corrected chi connectivity index (χ3v) is 2.69. The second-order valence-corrected chi connectivity index (χ2v) is 5.33. The van der Waals surface area contributed by atoms with Crippen molar-refractivity contribution < 1.29 is 19.1 Å². The van der Waals surface area contributed by atoms with E-state index >= 15 is 0 Å². The minimum atomic E-state index is -1.32. The smallest absolute Gasteiger partial charge is 0.337 e. The summed E-state index contributed by atoms with van der Waals surface area (Å²) in [5.41, 5.74) is 5.02. The fraction of sp³-hybridized carbons (Fsp3) is 0.385. The van der Waals surface area contributed by atoms with E-state index in [0.29, 0.717) is 0 Å². The predicted octanol–water partition coefficient (Wildman–Crippen LogP) is 1.84. The molecular weight excluding hydrogens is 251 g/mol. The van der Waals surface area contributed by atoms with Gasteiger partial charge in [0.1, 0.15) is 5.82 Å². The van der Waals surface area contributed by atoms with Gasteiger partial charge in [-0.2, -0.15) is 0 Å². The van der Waals surface area contributed by atoms with Crippen LogP contribution < -0.4 is 11.1 Å². The van der Waals surface area contributed by atoms with Crippen molar-refractivity contribution in [3.8, 4) is 0 Å². The highest BCUT2D eigenvalue weighted by atomic mass is 19.1. The molecule has 0 saturated carbocycles. The van der Waals surface area contributed by atoms with E-state index in [9.17, 15) is 14.0 Å². The van der Waals surface area contributed by atoms with Gasteiger partial charge in [0.15, 0.2) is 0 Å². The molecule has 0 aromatic heterocycles. The zero-order valence-electron chi connectivity index (χ0n) is 11.0. The highest BCUT2D eigenvalue weighted by molar-refractivity contribution is 6.02. The summed E-state index contributed by atoms with van der Waals surface area (Å²) in [6, 6.07) is 2.32. The van der Waals surface area contributed by atoms with Crippen LogP contribution in [0.2, 0.25) is 0 Å². The summed E-state index contributed by atoms with van der Waals surface area (Å²) < 4.78 is 13.0. The van der Waals surface area contributed by atoms with Crippen LogP contribution in [0.5, 0.6) is 0 Å². The normalized spacial score (nSPS) is 12.9. The number of nitrogens with two attached hydrogens (primary N) is 1. The van der Waals surface area contributed by atoms with E-state index in [0.717, 1.165) is 12.1 Å². The number of carboxylic acids is 1. The van der Waals surface area contributed by atoms with Crippen LogP contribution in [0, 0.1) is 11.2 Å². The maximum absolute atomic E-state index is 13.0.